The van der Waals surface area contributed by atoms with Crippen LogP contribution in [0.1, 0.15) is 12.5 Å². The van der Waals surface area contributed by atoms with Gasteiger partial charge in [-0.15, -0.1) is 0 Å². The molecule has 0 spiro atoms. The minimum atomic E-state index is -0.711. The Kier molecular flexibility index (Phi) is 6.72. The molecule has 1 fully saturated rings. The monoisotopic (exact) mass is 452 g/mol. The number of carbonyl (C=O) groups excluding carboxylic acids is 1. The lowest BCUT2D eigenvalue weighted by Gasteiger charge is -2.36. The minimum absolute atomic E-state index is 0.0386. The van der Waals surface area contributed by atoms with Crippen LogP contribution in [0.5, 0.6) is 0 Å². The summed E-state index contributed by atoms with van der Waals surface area (Å²) in [5.41, 5.74) is 6.57. The largest absolute Gasteiger partial charge is 0.396 e. The number of piperazine rings is 1. The number of carbonyl (C=O) groups is 1. The summed E-state index contributed by atoms with van der Waals surface area (Å²) in [7, 11) is 0. The molecule has 29 heavy (non-hydrogen) atoms. The van der Waals surface area contributed by atoms with Crippen LogP contribution in [0.25, 0.3) is 11.3 Å². The van der Waals surface area contributed by atoms with Gasteiger partial charge in [-0.25, -0.2) is 4.39 Å². The molecule has 0 aliphatic carbocycles. The fraction of sp³-hybridized carbons (Fsp3) is 0.250. The lowest BCUT2D eigenvalue weighted by atomic mass is 10.0. The van der Waals surface area contributed by atoms with Crippen molar-refractivity contribution in [2.45, 2.75) is 6.92 Å². The maximum Gasteiger partial charge on any atom is 0.246 e. The molecule has 9 heteroatoms. The summed E-state index contributed by atoms with van der Waals surface area (Å²) in [6.07, 6.45) is 4.74. The Morgan fingerprint density at radius 3 is 2.52 bits per heavy atom. The van der Waals surface area contributed by atoms with Gasteiger partial charge >= 0.3 is 0 Å². The highest BCUT2D eigenvalue weighted by Crippen LogP contribution is 2.38. The van der Waals surface area contributed by atoms with Gasteiger partial charge in [-0.05, 0) is 31.2 Å². The number of rotatable bonds is 3. The number of allylic oxidation sites excluding steroid dienone is 1. The number of nitrogens with two attached hydrogens (primary N) is 1. The zero-order valence-electron chi connectivity index (χ0n) is 15.7. The summed E-state index contributed by atoms with van der Waals surface area (Å²) in [6, 6.07) is 4.79. The van der Waals surface area contributed by atoms with E-state index in [2.05, 4.69) is 4.98 Å². The van der Waals surface area contributed by atoms with Crippen LogP contribution in [0.2, 0.25) is 10.0 Å². The van der Waals surface area contributed by atoms with Crippen LogP contribution in [0.15, 0.2) is 36.5 Å². The van der Waals surface area contributed by atoms with Gasteiger partial charge in [0.15, 0.2) is 5.82 Å². The van der Waals surface area contributed by atoms with E-state index in [9.17, 15) is 4.79 Å². The van der Waals surface area contributed by atoms with E-state index in [0.29, 0.717) is 36.7 Å². The van der Waals surface area contributed by atoms with Crippen molar-refractivity contribution in [3.8, 4) is 11.3 Å². The highest BCUT2D eigenvalue weighted by molar-refractivity contribution is 7.80. The maximum atomic E-state index is 15.1. The zero-order chi connectivity index (χ0) is 21.1. The molecule has 3 rings (SSSR count). The molecule has 0 saturated carbocycles. The van der Waals surface area contributed by atoms with E-state index in [4.69, 9.17) is 41.2 Å². The smallest absolute Gasteiger partial charge is 0.246 e. The van der Waals surface area contributed by atoms with Crippen molar-refractivity contribution >= 4 is 52.0 Å². The van der Waals surface area contributed by atoms with Crippen molar-refractivity contribution in [3.05, 3.63) is 58.0 Å². The molecule has 0 atom stereocenters. The zero-order valence-corrected chi connectivity index (χ0v) is 18.0. The number of hydrogen-bond acceptors (Lipinski definition) is 4. The molecule has 1 aromatic heterocycles. The van der Waals surface area contributed by atoms with Gasteiger partial charge in [-0.1, -0.05) is 41.5 Å². The molecule has 1 aliphatic heterocycles. The highest BCUT2D eigenvalue weighted by atomic mass is 35.5. The number of nitrogen functional groups attached to an aromatic ring is 1. The van der Waals surface area contributed by atoms with E-state index in [-0.39, 0.29) is 32.9 Å². The first-order valence-corrected chi connectivity index (χ1v) is 10.1. The highest BCUT2D eigenvalue weighted by Gasteiger charge is 2.26. The van der Waals surface area contributed by atoms with Crippen LogP contribution >= 0.6 is 35.4 Å². The van der Waals surface area contributed by atoms with Gasteiger partial charge in [-0.3, -0.25) is 9.78 Å². The summed E-state index contributed by atoms with van der Waals surface area (Å²) < 4.78 is 15.1. The Hall–Kier alpha value is -2.22. The standard InChI is InChI=1S/C20H19Cl2FN4OS/c1-2-4-15(28)26-7-9-27(10-8-26)20(29)12-11-14(22)16(17(23)18(12)24)19-13(21)5-3-6-25-19/h2-6,11H,7-10,24H2,1H3/b4-2-. The van der Waals surface area contributed by atoms with Gasteiger partial charge in [0, 0.05) is 37.9 Å². The van der Waals surface area contributed by atoms with Crippen molar-refractivity contribution in [2.24, 2.45) is 0 Å². The first-order valence-electron chi connectivity index (χ1n) is 8.94. The topological polar surface area (TPSA) is 62.5 Å². The quantitative estimate of drug-likeness (QED) is 0.430. The molecule has 0 unspecified atom stereocenters. The molecule has 1 aromatic carbocycles. The van der Waals surface area contributed by atoms with E-state index < -0.39 is 5.82 Å². The number of halogens is 3. The third-order valence-electron chi connectivity index (χ3n) is 4.67. The van der Waals surface area contributed by atoms with E-state index in [0.717, 1.165) is 0 Å². The Morgan fingerprint density at radius 2 is 1.90 bits per heavy atom. The van der Waals surface area contributed by atoms with Gasteiger partial charge in [0.1, 0.15) is 4.99 Å². The van der Waals surface area contributed by atoms with Crippen LogP contribution in [-0.2, 0) is 4.79 Å². The fourth-order valence-electron chi connectivity index (χ4n) is 3.15. The van der Waals surface area contributed by atoms with Gasteiger partial charge in [0.25, 0.3) is 0 Å². The van der Waals surface area contributed by atoms with Crippen molar-refractivity contribution in [3.63, 3.8) is 0 Å². The number of benzene rings is 1. The fourth-order valence-corrected chi connectivity index (χ4v) is 4.00. The third-order valence-corrected chi connectivity index (χ3v) is 5.75. The number of hydrogen-bond donors (Lipinski definition) is 1. The third kappa shape index (κ3) is 4.37. The number of pyridine rings is 1. The SMILES string of the molecule is C/C=C\C(=O)N1CCN(C(=S)c2cc(Cl)c(-c3ncccc3Cl)c(F)c2N)CC1. The molecular weight excluding hydrogens is 434 g/mol. The second-order valence-corrected chi connectivity index (χ2v) is 7.66. The summed E-state index contributed by atoms with van der Waals surface area (Å²) in [5.74, 6) is -0.749. The summed E-state index contributed by atoms with van der Waals surface area (Å²) in [4.78, 5) is 20.1. The average Bonchev–Trinajstić information content (AvgIpc) is 2.72. The van der Waals surface area contributed by atoms with Crippen molar-refractivity contribution in [2.75, 3.05) is 31.9 Å². The van der Waals surface area contributed by atoms with Crippen molar-refractivity contribution in [1.29, 1.82) is 0 Å². The van der Waals surface area contributed by atoms with E-state index in [1.165, 1.54) is 12.3 Å². The minimum Gasteiger partial charge on any atom is -0.396 e. The molecule has 0 bridgehead atoms. The Labute approximate surface area is 183 Å². The van der Waals surface area contributed by atoms with Crippen LogP contribution in [-0.4, -0.2) is 51.9 Å². The first-order chi connectivity index (χ1) is 13.8. The number of amides is 1. The molecule has 1 aliphatic rings. The van der Waals surface area contributed by atoms with Gasteiger partial charge in [0.2, 0.25) is 5.91 Å². The van der Waals surface area contributed by atoms with E-state index in [1.807, 2.05) is 4.90 Å². The number of anilines is 1. The second-order valence-electron chi connectivity index (χ2n) is 6.46. The predicted octanol–water partition coefficient (Wildman–Crippen LogP) is 4.17. The summed E-state index contributed by atoms with van der Waals surface area (Å²) in [6.45, 7) is 3.87. The maximum absolute atomic E-state index is 15.1. The summed E-state index contributed by atoms with van der Waals surface area (Å²) in [5, 5.41) is 0.390. The molecule has 152 valence electrons. The molecular formula is C20H19Cl2FN4OS. The van der Waals surface area contributed by atoms with Crippen LogP contribution in [0, 0.1) is 5.82 Å². The van der Waals surface area contributed by atoms with E-state index >= 15 is 4.39 Å². The lowest BCUT2D eigenvalue weighted by molar-refractivity contribution is -0.127. The normalized spacial score (nSPS) is 14.5. The molecule has 1 amide bonds. The lowest BCUT2D eigenvalue weighted by Crippen LogP contribution is -2.50. The van der Waals surface area contributed by atoms with E-state index in [1.54, 1.807) is 36.1 Å². The number of thiocarbonyl (C=S) groups is 1. The van der Waals surface area contributed by atoms with Gasteiger partial charge in [-0.2, -0.15) is 0 Å². The van der Waals surface area contributed by atoms with Gasteiger partial charge in [0.05, 0.1) is 27.0 Å². The Morgan fingerprint density at radius 1 is 1.24 bits per heavy atom. The molecule has 2 N–H and O–H groups in total. The number of nitrogens with zero attached hydrogens (tertiary/aromatic N) is 3. The molecule has 1 saturated heterocycles. The Bertz CT molecular complexity index is 991. The molecule has 2 heterocycles. The molecule has 5 nitrogen and oxygen atoms in total. The van der Waals surface area contributed by atoms with Crippen LogP contribution in [0.4, 0.5) is 10.1 Å². The van der Waals surface area contributed by atoms with Crippen molar-refractivity contribution in [1.82, 2.24) is 14.8 Å². The average molecular weight is 453 g/mol. The second kappa shape index (κ2) is 9.07. The van der Waals surface area contributed by atoms with Crippen LogP contribution in [0.3, 0.4) is 0 Å². The first kappa shape index (κ1) is 21.5. The molecule has 0 radical (unpaired) electrons. The summed E-state index contributed by atoms with van der Waals surface area (Å²) >= 11 is 18.1. The predicted molar refractivity (Wildman–Crippen MR) is 119 cm³/mol. The van der Waals surface area contributed by atoms with Crippen LogP contribution < -0.4 is 5.73 Å². The number of aromatic nitrogens is 1. The van der Waals surface area contributed by atoms with Crippen molar-refractivity contribution < 1.29 is 9.18 Å². The molecule has 2 aromatic rings. The Balaban J connectivity index is 1.86. The van der Waals surface area contributed by atoms with Gasteiger partial charge < -0.3 is 15.5 Å².